The molecule has 0 unspecified atom stereocenters. The van der Waals surface area contributed by atoms with Gasteiger partial charge in [-0.1, -0.05) is 13.8 Å². The fourth-order valence-corrected chi connectivity index (χ4v) is 3.36. The van der Waals surface area contributed by atoms with Gasteiger partial charge in [0.2, 0.25) is 10.0 Å². The minimum atomic E-state index is -3.66. The van der Waals surface area contributed by atoms with E-state index in [0.29, 0.717) is 12.0 Å². The quantitative estimate of drug-likeness (QED) is 0.913. The molecule has 2 aromatic rings. The summed E-state index contributed by atoms with van der Waals surface area (Å²) in [7, 11) is -3.66. The highest BCUT2D eigenvalue weighted by Crippen LogP contribution is 2.13. The molecule has 6 nitrogen and oxygen atoms in total. The number of rotatable bonds is 5. The summed E-state index contributed by atoms with van der Waals surface area (Å²) in [5.41, 5.74) is 1.03. The van der Waals surface area contributed by atoms with E-state index in [9.17, 15) is 13.2 Å². The van der Waals surface area contributed by atoms with Crippen molar-refractivity contribution in [3.63, 3.8) is 0 Å². The molecule has 7 heteroatoms. The first-order valence-electron chi connectivity index (χ1n) is 6.77. The van der Waals surface area contributed by atoms with Crippen LogP contribution in [0.4, 0.5) is 0 Å². The van der Waals surface area contributed by atoms with E-state index in [1.807, 2.05) is 13.8 Å². The topological polar surface area (TPSA) is 80.5 Å². The summed E-state index contributed by atoms with van der Waals surface area (Å²) >= 11 is 0. The smallest absolute Gasteiger partial charge is 0.264 e. The van der Waals surface area contributed by atoms with Gasteiger partial charge in [-0.3, -0.25) is 4.79 Å². The van der Waals surface area contributed by atoms with E-state index in [4.69, 9.17) is 0 Å². The molecule has 0 saturated heterocycles. The first-order valence-corrected chi connectivity index (χ1v) is 8.32. The molecule has 2 aromatic heterocycles. The van der Waals surface area contributed by atoms with E-state index in [0.717, 1.165) is 5.52 Å². The molecule has 0 fully saturated rings. The predicted octanol–water partition coefficient (Wildman–Crippen LogP) is 1.83. The zero-order chi connectivity index (χ0) is 15.6. The fraction of sp³-hybridized carbons (Fsp3) is 0.429. The van der Waals surface area contributed by atoms with E-state index >= 15 is 0 Å². The number of aromatic nitrogens is 2. The van der Waals surface area contributed by atoms with Gasteiger partial charge >= 0.3 is 0 Å². The van der Waals surface area contributed by atoms with Crippen LogP contribution in [0.3, 0.4) is 0 Å². The van der Waals surface area contributed by atoms with Crippen LogP contribution in [0.2, 0.25) is 0 Å². The Labute approximate surface area is 124 Å². The van der Waals surface area contributed by atoms with E-state index in [-0.39, 0.29) is 5.92 Å². The summed E-state index contributed by atoms with van der Waals surface area (Å²) in [5, 5.41) is -0.611. The van der Waals surface area contributed by atoms with Crippen molar-refractivity contribution in [2.75, 3.05) is 0 Å². The maximum absolute atomic E-state index is 12.1. The Hall–Kier alpha value is -1.89. The third kappa shape index (κ3) is 3.60. The number of pyridine rings is 1. The number of nitrogens with one attached hydrogen (secondary N) is 1. The Morgan fingerprint density at radius 3 is 2.76 bits per heavy atom. The molecule has 1 N–H and O–H groups in total. The molecule has 0 bridgehead atoms. The lowest BCUT2D eigenvalue weighted by Crippen LogP contribution is -2.37. The van der Waals surface area contributed by atoms with Gasteiger partial charge in [0.15, 0.2) is 0 Å². The summed E-state index contributed by atoms with van der Waals surface area (Å²) in [4.78, 5) is 16.0. The van der Waals surface area contributed by atoms with Gasteiger partial charge in [-0.2, -0.15) is 0 Å². The minimum absolute atomic E-state index is 0.245. The Kier molecular flexibility index (Phi) is 4.32. The van der Waals surface area contributed by atoms with Gasteiger partial charge in [0.05, 0.1) is 23.3 Å². The van der Waals surface area contributed by atoms with Crippen LogP contribution >= 0.6 is 0 Å². The van der Waals surface area contributed by atoms with Crippen molar-refractivity contribution in [2.24, 2.45) is 5.92 Å². The molecule has 21 heavy (non-hydrogen) atoms. The molecule has 0 saturated carbocycles. The summed E-state index contributed by atoms with van der Waals surface area (Å²) in [5.74, 6) is -0.371. The molecule has 2 rings (SSSR count). The van der Waals surface area contributed by atoms with Crippen molar-refractivity contribution in [1.29, 1.82) is 0 Å². The van der Waals surface area contributed by atoms with Crippen LogP contribution in [-0.2, 0) is 10.0 Å². The van der Waals surface area contributed by atoms with Gasteiger partial charge in [0.25, 0.3) is 5.91 Å². The van der Waals surface area contributed by atoms with Gasteiger partial charge in [-0.05, 0) is 31.4 Å². The third-order valence-electron chi connectivity index (χ3n) is 3.24. The normalized spacial score (nSPS) is 13.5. The molecule has 0 aliphatic rings. The van der Waals surface area contributed by atoms with E-state index < -0.39 is 21.2 Å². The number of nitrogens with zero attached hydrogens (tertiary/aromatic N) is 2. The van der Waals surface area contributed by atoms with Crippen LogP contribution < -0.4 is 4.72 Å². The zero-order valence-corrected chi connectivity index (χ0v) is 13.1. The number of sulfonamides is 1. The molecule has 0 aromatic carbocycles. The van der Waals surface area contributed by atoms with Crippen molar-refractivity contribution in [2.45, 2.75) is 32.4 Å². The lowest BCUT2D eigenvalue weighted by molar-refractivity contribution is 0.0981. The van der Waals surface area contributed by atoms with E-state index in [1.54, 1.807) is 42.2 Å². The molecule has 2 heterocycles. The van der Waals surface area contributed by atoms with Crippen LogP contribution in [0.1, 0.15) is 37.6 Å². The number of hydrogen-bond acceptors (Lipinski definition) is 4. The van der Waals surface area contributed by atoms with E-state index in [2.05, 4.69) is 9.71 Å². The van der Waals surface area contributed by atoms with Crippen molar-refractivity contribution < 1.29 is 13.2 Å². The molecule has 0 radical (unpaired) electrons. The molecule has 1 atom stereocenters. The van der Waals surface area contributed by atoms with Gasteiger partial charge in [-0.25, -0.2) is 18.1 Å². The lowest BCUT2D eigenvalue weighted by Gasteiger charge is -2.15. The number of fused-ring (bicyclic) bond motifs is 1. The predicted molar refractivity (Wildman–Crippen MR) is 80.5 cm³/mol. The molecular weight excluding hydrogens is 290 g/mol. The van der Waals surface area contributed by atoms with Gasteiger partial charge in [0, 0.05) is 11.8 Å². The Balaban J connectivity index is 2.16. The molecule has 0 spiro atoms. The van der Waals surface area contributed by atoms with Crippen LogP contribution in [0, 0.1) is 5.92 Å². The zero-order valence-electron chi connectivity index (χ0n) is 12.3. The summed E-state index contributed by atoms with van der Waals surface area (Å²) in [6.45, 7) is 5.50. The maximum Gasteiger partial charge on any atom is 0.264 e. The second-order valence-corrected chi connectivity index (χ2v) is 7.66. The Morgan fingerprint density at radius 1 is 1.38 bits per heavy atom. The van der Waals surface area contributed by atoms with Crippen molar-refractivity contribution in [3.05, 3.63) is 36.4 Å². The number of imidazole rings is 1. The van der Waals surface area contributed by atoms with Gasteiger partial charge in [0.1, 0.15) is 0 Å². The van der Waals surface area contributed by atoms with Crippen LogP contribution in [0.5, 0.6) is 0 Å². The molecule has 0 aliphatic heterocycles. The average molecular weight is 309 g/mol. The Bertz CT molecular complexity index is 750. The summed E-state index contributed by atoms with van der Waals surface area (Å²) in [6.07, 6.45) is 5.39. The highest BCUT2D eigenvalue weighted by atomic mass is 32.2. The summed E-state index contributed by atoms with van der Waals surface area (Å²) in [6, 6.07) is 3.16. The standard InChI is InChI=1S/C14H19N3O3S/c1-10(2)6-11(3)21(19,20)16-14(18)12-4-5-17-9-15-8-13(17)7-12/h4-5,7-11H,6H2,1-3H3,(H,16,18)/t11-/m0/s1. The van der Waals surface area contributed by atoms with Crippen LogP contribution in [0.25, 0.3) is 5.52 Å². The minimum Gasteiger partial charge on any atom is -0.306 e. The number of carbonyl (C=O) groups is 1. The summed E-state index contributed by atoms with van der Waals surface area (Å²) < 4.78 is 28.1. The van der Waals surface area contributed by atoms with Crippen molar-refractivity contribution in [3.8, 4) is 0 Å². The van der Waals surface area contributed by atoms with Crippen molar-refractivity contribution >= 4 is 21.4 Å². The van der Waals surface area contributed by atoms with Crippen LogP contribution in [0.15, 0.2) is 30.9 Å². The Morgan fingerprint density at radius 2 is 2.10 bits per heavy atom. The first kappa shape index (κ1) is 15.5. The van der Waals surface area contributed by atoms with Gasteiger partial charge < -0.3 is 4.40 Å². The highest BCUT2D eigenvalue weighted by Gasteiger charge is 2.24. The third-order valence-corrected chi connectivity index (χ3v) is 4.97. The first-order chi connectivity index (χ1) is 9.79. The molecule has 0 aliphatic carbocycles. The maximum atomic E-state index is 12.1. The largest absolute Gasteiger partial charge is 0.306 e. The molecule has 1 amide bonds. The molecule has 114 valence electrons. The molecular formula is C14H19N3O3S. The van der Waals surface area contributed by atoms with Gasteiger partial charge in [-0.15, -0.1) is 0 Å². The second-order valence-electron chi connectivity index (χ2n) is 5.56. The average Bonchev–Trinajstić information content (AvgIpc) is 2.84. The number of amides is 1. The number of carbonyl (C=O) groups excluding carboxylic acids is 1. The fourth-order valence-electron chi connectivity index (χ4n) is 2.14. The van der Waals surface area contributed by atoms with Crippen LogP contribution in [-0.4, -0.2) is 29.0 Å². The lowest BCUT2D eigenvalue weighted by atomic mass is 10.1. The second kappa shape index (κ2) is 5.85. The highest BCUT2D eigenvalue weighted by molar-refractivity contribution is 7.90. The van der Waals surface area contributed by atoms with Crippen molar-refractivity contribution in [1.82, 2.24) is 14.1 Å². The number of hydrogen-bond donors (Lipinski definition) is 1. The monoisotopic (exact) mass is 309 g/mol. The SMILES string of the molecule is CC(C)C[C@H](C)S(=O)(=O)NC(=O)c1ccn2cncc2c1. The van der Waals surface area contributed by atoms with E-state index in [1.165, 1.54) is 0 Å².